The van der Waals surface area contributed by atoms with Crippen molar-refractivity contribution in [3.8, 4) is 12.3 Å². The van der Waals surface area contributed by atoms with E-state index in [1.807, 2.05) is 11.8 Å². The first kappa shape index (κ1) is 15.7. The summed E-state index contributed by atoms with van der Waals surface area (Å²) in [6, 6.07) is 10.7. The van der Waals surface area contributed by atoms with Crippen molar-refractivity contribution in [3.05, 3.63) is 70.7 Å². The largest absolute Gasteiger partial charge is 0.122 e. The molecule has 108 valence electrons. The van der Waals surface area contributed by atoms with Gasteiger partial charge in [-0.3, -0.25) is 0 Å². The molecule has 0 aromatic heterocycles. The predicted molar refractivity (Wildman–Crippen MR) is 95.3 cm³/mol. The Hall–Kier alpha value is -1.65. The summed E-state index contributed by atoms with van der Waals surface area (Å²) in [5.41, 5.74) is 3.97. The Kier molecular flexibility index (Phi) is 4.49. The van der Waals surface area contributed by atoms with Crippen LogP contribution in [0, 0.1) is 12.3 Å². The lowest BCUT2D eigenvalue weighted by molar-refractivity contribution is 0.472. The van der Waals surface area contributed by atoms with Gasteiger partial charge in [0.05, 0.1) is 4.75 Å². The van der Waals surface area contributed by atoms with Crippen molar-refractivity contribution < 1.29 is 0 Å². The molecule has 1 unspecified atom stereocenters. The van der Waals surface area contributed by atoms with Crippen LogP contribution in [0.1, 0.15) is 33.3 Å². The first-order valence-electron chi connectivity index (χ1n) is 7.20. The van der Waals surface area contributed by atoms with E-state index in [9.17, 15) is 0 Å². The third-order valence-corrected chi connectivity index (χ3v) is 6.37. The van der Waals surface area contributed by atoms with Crippen LogP contribution < -0.4 is 0 Å². The van der Waals surface area contributed by atoms with Gasteiger partial charge in [0.15, 0.2) is 0 Å². The molecule has 0 saturated heterocycles. The summed E-state index contributed by atoms with van der Waals surface area (Å²) in [5, 5.41) is 2.29. The Morgan fingerprint density at radius 2 is 1.90 bits per heavy atom. The third-order valence-electron chi connectivity index (χ3n) is 4.79. The fraction of sp³-hybridized carbons (Fsp3) is 0.300. The molecular formula is C20H22S. The minimum Gasteiger partial charge on any atom is -0.122 e. The number of terminal acetylenes is 1. The molecule has 0 spiro atoms. The molecule has 0 nitrogen and oxygen atoms in total. The molecule has 0 radical (unpaired) electrons. The minimum absolute atomic E-state index is 0.0420. The maximum atomic E-state index is 5.40. The quantitative estimate of drug-likeness (QED) is 0.525. The molecule has 1 aromatic rings. The Balaban J connectivity index is 2.59. The number of thioether (sulfide) groups is 1. The van der Waals surface area contributed by atoms with Gasteiger partial charge in [-0.15, -0.1) is 18.2 Å². The van der Waals surface area contributed by atoms with Crippen molar-refractivity contribution in [3.63, 3.8) is 0 Å². The average molecular weight is 294 g/mol. The number of hydrogen-bond acceptors (Lipinski definition) is 1. The van der Waals surface area contributed by atoms with Crippen LogP contribution in [-0.2, 0) is 5.41 Å². The highest BCUT2D eigenvalue weighted by Gasteiger charge is 2.52. The van der Waals surface area contributed by atoms with E-state index in [0.717, 1.165) is 0 Å². The van der Waals surface area contributed by atoms with Gasteiger partial charge < -0.3 is 0 Å². The van der Waals surface area contributed by atoms with Crippen LogP contribution in [0.3, 0.4) is 0 Å². The van der Waals surface area contributed by atoms with Gasteiger partial charge in [-0.2, -0.15) is 0 Å². The van der Waals surface area contributed by atoms with Gasteiger partial charge in [0.2, 0.25) is 0 Å². The Morgan fingerprint density at radius 3 is 2.48 bits per heavy atom. The smallest absolute Gasteiger partial charge is 0.0549 e. The van der Waals surface area contributed by atoms with Gasteiger partial charge in [-0.05, 0) is 49.5 Å². The molecule has 21 heavy (non-hydrogen) atoms. The van der Waals surface area contributed by atoms with E-state index in [1.54, 1.807) is 6.08 Å². The highest BCUT2D eigenvalue weighted by atomic mass is 32.2. The lowest BCUT2D eigenvalue weighted by Crippen LogP contribution is -2.44. The fourth-order valence-corrected chi connectivity index (χ4v) is 4.60. The van der Waals surface area contributed by atoms with E-state index in [1.165, 1.54) is 16.7 Å². The molecule has 1 aliphatic heterocycles. The molecule has 0 bridgehead atoms. The third kappa shape index (κ3) is 2.39. The number of rotatable bonds is 3. The van der Waals surface area contributed by atoms with Crippen molar-refractivity contribution in [2.75, 3.05) is 0 Å². The first-order chi connectivity index (χ1) is 10.0. The summed E-state index contributed by atoms with van der Waals surface area (Å²) in [6.45, 7) is 8.96. The fourth-order valence-electron chi connectivity index (χ4n) is 3.12. The topological polar surface area (TPSA) is 0 Å². The van der Waals surface area contributed by atoms with Gasteiger partial charge >= 0.3 is 0 Å². The highest BCUT2D eigenvalue weighted by Crippen LogP contribution is 2.58. The van der Waals surface area contributed by atoms with Gasteiger partial charge in [-0.25, -0.2) is 0 Å². The molecule has 1 aromatic carbocycles. The zero-order valence-electron chi connectivity index (χ0n) is 13.2. The van der Waals surface area contributed by atoms with Crippen LogP contribution in [0.2, 0.25) is 0 Å². The summed E-state index contributed by atoms with van der Waals surface area (Å²) < 4.78 is -0.0550. The number of allylic oxidation sites excluding steroid dienone is 4. The second-order valence-electron chi connectivity index (χ2n) is 5.69. The van der Waals surface area contributed by atoms with Crippen molar-refractivity contribution in [2.24, 2.45) is 0 Å². The van der Waals surface area contributed by atoms with Crippen LogP contribution in [0.25, 0.3) is 0 Å². The monoisotopic (exact) mass is 294 g/mol. The summed E-state index contributed by atoms with van der Waals surface area (Å²) in [4.78, 5) is 0. The molecule has 0 amide bonds. The molecule has 1 aliphatic rings. The van der Waals surface area contributed by atoms with Crippen LogP contribution in [0.4, 0.5) is 0 Å². The van der Waals surface area contributed by atoms with Crippen molar-refractivity contribution in [1.29, 1.82) is 0 Å². The zero-order valence-corrected chi connectivity index (χ0v) is 14.0. The summed E-state index contributed by atoms with van der Waals surface area (Å²) in [5.74, 6) is 2.60. The summed E-state index contributed by atoms with van der Waals surface area (Å²) in [6.07, 6.45) is 11.4. The molecule has 0 fully saturated rings. The van der Waals surface area contributed by atoms with Gasteiger partial charge in [0.1, 0.15) is 0 Å². The summed E-state index contributed by atoms with van der Waals surface area (Å²) in [7, 11) is 0. The van der Waals surface area contributed by atoms with E-state index in [-0.39, 0.29) is 10.2 Å². The van der Waals surface area contributed by atoms with Gasteiger partial charge in [0.25, 0.3) is 0 Å². The Bertz CT molecular complexity index is 642. The number of hydrogen-bond donors (Lipinski definition) is 0. The molecule has 0 N–H and O–H groups in total. The highest BCUT2D eigenvalue weighted by molar-refractivity contribution is 8.04. The normalized spacial score (nSPS) is 29.5. The van der Waals surface area contributed by atoms with E-state index < -0.39 is 0 Å². The molecule has 2 rings (SSSR count). The maximum absolute atomic E-state index is 5.40. The van der Waals surface area contributed by atoms with Crippen LogP contribution in [-0.4, -0.2) is 4.75 Å². The lowest BCUT2D eigenvalue weighted by Gasteiger charge is -2.43. The van der Waals surface area contributed by atoms with E-state index in [0.29, 0.717) is 0 Å². The Labute approximate surface area is 133 Å². The van der Waals surface area contributed by atoms with Gasteiger partial charge in [0, 0.05) is 5.41 Å². The number of benzene rings is 1. The molecule has 0 aliphatic carbocycles. The van der Waals surface area contributed by atoms with Crippen molar-refractivity contribution >= 4 is 11.8 Å². The van der Waals surface area contributed by atoms with Crippen LogP contribution in [0.15, 0.2) is 65.1 Å². The molecule has 0 saturated carbocycles. The second kappa shape index (κ2) is 6.00. The van der Waals surface area contributed by atoms with Crippen LogP contribution in [0.5, 0.6) is 0 Å². The molecule has 1 heterocycles. The van der Waals surface area contributed by atoms with Crippen LogP contribution >= 0.6 is 11.8 Å². The maximum Gasteiger partial charge on any atom is 0.0549 e. The Morgan fingerprint density at radius 1 is 1.24 bits per heavy atom. The molecule has 1 heteroatoms. The summed E-state index contributed by atoms with van der Waals surface area (Å²) >= 11 is 1.89. The standard InChI is InChI=1S/C20H22S/c1-6-8-12-17(7-2)20(5)19(4,16(3)15-21-20)18-13-10-9-11-14-18/h1,7-15H,2-5H3/b12-8-,17-7+/t19-,20?/m1/s1. The predicted octanol–water partition coefficient (Wildman–Crippen LogP) is 5.49. The second-order valence-corrected chi connectivity index (χ2v) is 6.97. The van der Waals surface area contributed by atoms with E-state index in [2.05, 4.69) is 81.5 Å². The zero-order chi connectivity index (χ0) is 15.5. The van der Waals surface area contributed by atoms with Crippen molar-refractivity contribution in [1.82, 2.24) is 0 Å². The SMILES string of the molecule is C#C/C=C\C(=C/C)C1(C)SC=C(C)[C@]1(C)c1ccccc1. The van der Waals surface area contributed by atoms with Crippen molar-refractivity contribution in [2.45, 2.75) is 37.9 Å². The van der Waals surface area contributed by atoms with E-state index >= 15 is 0 Å². The lowest BCUT2D eigenvalue weighted by atomic mass is 9.65. The first-order valence-corrected chi connectivity index (χ1v) is 8.08. The minimum atomic E-state index is -0.0550. The van der Waals surface area contributed by atoms with E-state index in [4.69, 9.17) is 6.42 Å². The van der Waals surface area contributed by atoms with Gasteiger partial charge in [-0.1, -0.05) is 54.8 Å². The molecular weight excluding hydrogens is 272 g/mol. The average Bonchev–Trinajstić information content (AvgIpc) is 2.75. The molecule has 2 atom stereocenters.